The molecule has 34 heavy (non-hydrogen) atoms. The van der Waals surface area contributed by atoms with Crippen LogP contribution < -0.4 is 4.74 Å². The van der Waals surface area contributed by atoms with E-state index in [0.29, 0.717) is 13.1 Å². The number of carbonyl (C=O) groups is 1. The Hall–Kier alpha value is -3.14. The second-order valence-corrected chi connectivity index (χ2v) is 10.9. The number of fused-ring (bicyclic) bond motifs is 2. The van der Waals surface area contributed by atoms with Crippen LogP contribution in [0.4, 0.5) is 4.79 Å². The molecular weight excluding hydrogens is 452 g/mol. The van der Waals surface area contributed by atoms with E-state index in [1.165, 1.54) is 0 Å². The maximum Gasteiger partial charge on any atom is 0.410 e. The third-order valence-corrected chi connectivity index (χ3v) is 7.05. The van der Waals surface area contributed by atoms with Crippen molar-refractivity contribution in [3.8, 4) is 16.3 Å². The van der Waals surface area contributed by atoms with Crippen LogP contribution in [0.25, 0.3) is 26.3 Å². The van der Waals surface area contributed by atoms with E-state index in [1.807, 2.05) is 45.3 Å². The van der Waals surface area contributed by atoms with Crippen LogP contribution in [0.15, 0.2) is 18.5 Å². The van der Waals surface area contributed by atoms with E-state index in [0.717, 1.165) is 56.3 Å². The molecule has 10 heteroatoms. The number of ether oxygens (including phenoxy) is 2. The Bertz CT molecular complexity index is 1340. The first-order chi connectivity index (χ1) is 16.1. The van der Waals surface area contributed by atoms with Gasteiger partial charge in [-0.15, -0.1) is 11.3 Å². The molecule has 0 bridgehead atoms. The van der Waals surface area contributed by atoms with Crippen LogP contribution >= 0.6 is 11.3 Å². The van der Waals surface area contributed by atoms with Crippen LogP contribution in [0.3, 0.4) is 0 Å². The van der Waals surface area contributed by atoms with Crippen LogP contribution in [0.2, 0.25) is 0 Å². The van der Waals surface area contributed by atoms with Gasteiger partial charge in [0.25, 0.3) is 0 Å². The zero-order valence-electron chi connectivity index (χ0n) is 20.5. The van der Waals surface area contributed by atoms with Gasteiger partial charge in [0.1, 0.15) is 21.6 Å². The minimum atomic E-state index is -0.477. The van der Waals surface area contributed by atoms with Crippen molar-refractivity contribution in [1.82, 2.24) is 29.3 Å². The van der Waals surface area contributed by atoms with Gasteiger partial charge in [0.2, 0.25) is 0 Å². The number of carbonyl (C=O) groups excluding carboxylic acids is 1. The minimum Gasteiger partial charge on any atom is -0.492 e. The SMILES string of the molecule is COc1c(-c2cc3cn(C4CCN(C(=O)OC(C)(C)C)CC4)nc3s2)nn2cc(C)nc(C)c12. The van der Waals surface area contributed by atoms with Gasteiger partial charge in [0.15, 0.2) is 5.75 Å². The number of amides is 1. The normalized spacial score (nSPS) is 15.4. The monoisotopic (exact) mass is 482 g/mol. The molecule has 9 nitrogen and oxygen atoms in total. The molecule has 1 aliphatic rings. The molecule has 0 aromatic carbocycles. The van der Waals surface area contributed by atoms with Gasteiger partial charge in [-0.25, -0.2) is 9.31 Å². The summed E-state index contributed by atoms with van der Waals surface area (Å²) >= 11 is 1.61. The zero-order valence-corrected chi connectivity index (χ0v) is 21.3. The molecule has 1 fully saturated rings. The molecule has 4 aromatic heterocycles. The third-order valence-electron chi connectivity index (χ3n) is 6.01. The Morgan fingerprint density at radius 3 is 2.53 bits per heavy atom. The lowest BCUT2D eigenvalue weighted by Crippen LogP contribution is -2.42. The van der Waals surface area contributed by atoms with Gasteiger partial charge in [0.05, 0.1) is 35.6 Å². The molecule has 0 atom stereocenters. The quantitative estimate of drug-likeness (QED) is 0.408. The lowest BCUT2D eigenvalue weighted by molar-refractivity contribution is 0.0185. The zero-order chi connectivity index (χ0) is 24.2. The van der Waals surface area contributed by atoms with Crippen LogP contribution in [-0.2, 0) is 4.74 Å². The first kappa shape index (κ1) is 22.6. The molecule has 0 aliphatic carbocycles. The van der Waals surface area contributed by atoms with Crippen molar-refractivity contribution in [2.45, 2.75) is 59.1 Å². The highest BCUT2D eigenvalue weighted by atomic mass is 32.1. The van der Waals surface area contributed by atoms with Crippen LogP contribution in [-0.4, -0.2) is 61.2 Å². The summed E-state index contributed by atoms with van der Waals surface area (Å²) in [6.45, 7) is 10.9. The number of rotatable bonds is 3. The fraction of sp³-hybridized carbons (Fsp3) is 0.500. The molecule has 4 aromatic rings. The second kappa shape index (κ2) is 8.26. The van der Waals surface area contributed by atoms with E-state index in [9.17, 15) is 4.79 Å². The number of aryl methyl sites for hydroxylation is 2. The Labute approximate surface area is 202 Å². The van der Waals surface area contributed by atoms with Gasteiger partial charge in [-0.1, -0.05) is 0 Å². The maximum absolute atomic E-state index is 12.3. The highest BCUT2D eigenvalue weighted by Gasteiger charge is 2.28. The number of aromatic nitrogens is 5. The fourth-order valence-corrected chi connectivity index (χ4v) is 5.50. The van der Waals surface area contributed by atoms with Crippen molar-refractivity contribution in [3.63, 3.8) is 0 Å². The fourth-order valence-electron chi connectivity index (χ4n) is 4.51. The average molecular weight is 483 g/mol. The first-order valence-corrected chi connectivity index (χ1v) is 12.3. The number of likely N-dealkylation sites (tertiary alicyclic amines) is 1. The first-order valence-electron chi connectivity index (χ1n) is 11.5. The summed E-state index contributed by atoms with van der Waals surface area (Å²) in [5, 5.41) is 10.7. The molecule has 5 heterocycles. The van der Waals surface area contributed by atoms with E-state index in [-0.39, 0.29) is 12.1 Å². The Morgan fingerprint density at radius 1 is 1.15 bits per heavy atom. The summed E-state index contributed by atoms with van der Waals surface area (Å²) in [6, 6.07) is 2.39. The van der Waals surface area contributed by atoms with Gasteiger partial charge in [0, 0.05) is 24.7 Å². The van der Waals surface area contributed by atoms with Crippen molar-refractivity contribution in [1.29, 1.82) is 0 Å². The van der Waals surface area contributed by atoms with E-state index in [1.54, 1.807) is 23.3 Å². The molecule has 0 saturated carbocycles. The van der Waals surface area contributed by atoms with Gasteiger partial charge >= 0.3 is 6.09 Å². The number of nitrogens with zero attached hydrogens (tertiary/aromatic N) is 6. The molecule has 5 rings (SSSR count). The molecule has 1 aliphatic heterocycles. The predicted molar refractivity (Wildman–Crippen MR) is 132 cm³/mol. The maximum atomic E-state index is 12.3. The number of methoxy groups -OCH3 is 1. The standard InChI is InChI=1S/C24H30N6O3S/c1-14-12-30-20(15(2)25-14)21(32-6)19(26-30)18-11-16-13-29(27-22(16)34-18)17-7-9-28(10-8-17)23(31)33-24(3,4)5/h11-13,17H,7-10H2,1-6H3. The van der Waals surface area contributed by atoms with Crippen molar-refractivity contribution in [3.05, 3.63) is 29.8 Å². The lowest BCUT2D eigenvalue weighted by Gasteiger charge is -2.33. The number of hydrogen-bond donors (Lipinski definition) is 0. The summed E-state index contributed by atoms with van der Waals surface area (Å²) in [5.74, 6) is 0.733. The Kier molecular flexibility index (Phi) is 5.50. The summed E-state index contributed by atoms with van der Waals surface area (Å²) in [5.41, 5.74) is 3.01. The average Bonchev–Trinajstić information content (AvgIpc) is 3.43. The Balaban J connectivity index is 1.36. The molecule has 0 N–H and O–H groups in total. The van der Waals surface area contributed by atoms with Gasteiger partial charge in [-0.2, -0.15) is 10.2 Å². The molecule has 0 spiro atoms. The molecule has 1 saturated heterocycles. The van der Waals surface area contributed by atoms with Crippen LogP contribution in [0.1, 0.15) is 51.0 Å². The van der Waals surface area contributed by atoms with Crippen molar-refractivity contribution in [2.75, 3.05) is 20.2 Å². The highest BCUT2D eigenvalue weighted by molar-refractivity contribution is 7.21. The van der Waals surface area contributed by atoms with Crippen molar-refractivity contribution < 1.29 is 14.3 Å². The van der Waals surface area contributed by atoms with Gasteiger partial charge in [-0.05, 0) is 53.5 Å². The van der Waals surface area contributed by atoms with Crippen LogP contribution in [0.5, 0.6) is 5.75 Å². The minimum absolute atomic E-state index is 0.237. The second-order valence-electron chi connectivity index (χ2n) is 9.82. The number of piperidine rings is 1. The lowest BCUT2D eigenvalue weighted by atomic mass is 10.1. The van der Waals surface area contributed by atoms with E-state index >= 15 is 0 Å². The van der Waals surface area contributed by atoms with Gasteiger partial charge in [-0.3, -0.25) is 9.67 Å². The van der Waals surface area contributed by atoms with Gasteiger partial charge < -0.3 is 14.4 Å². The predicted octanol–water partition coefficient (Wildman–Crippen LogP) is 5.00. The molecule has 0 unspecified atom stereocenters. The largest absolute Gasteiger partial charge is 0.492 e. The van der Waals surface area contributed by atoms with E-state index in [4.69, 9.17) is 19.7 Å². The Morgan fingerprint density at radius 2 is 1.88 bits per heavy atom. The third kappa shape index (κ3) is 4.11. The van der Waals surface area contributed by atoms with Crippen LogP contribution in [0, 0.1) is 13.8 Å². The number of thiophene rings is 1. The van der Waals surface area contributed by atoms with E-state index < -0.39 is 5.60 Å². The van der Waals surface area contributed by atoms with Crippen molar-refractivity contribution in [2.24, 2.45) is 0 Å². The number of hydrogen-bond acceptors (Lipinski definition) is 7. The summed E-state index contributed by atoms with van der Waals surface area (Å²) in [7, 11) is 1.67. The molecular formula is C24H30N6O3S. The smallest absolute Gasteiger partial charge is 0.410 e. The molecule has 180 valence electrons. The summed E-state index contributed by atoms with van der Waals surface area (Å²) in [4.78, 5) is 20.7. The summed E-state index contributed by atoms with van der Waals surface area (Å²) < 4.78 is 15.1. The van der Waals surface area contributed by atoms with Crippen molar-refractivity contribution >= 4 is 33.2 Å². The summed E-state index contributed by atoms with van der Waals surface area (Å²) in [6.07, 6.45) is 5.48. The topological polar surface area (TPSA) is 86.8 Å². The van der Waals surface area contributed by atoms with E-state index in [2.05, 4.69) is 21.9 Å². The highest BCUT2D eigenvalue weighted by Crippen LogP contribution is 2.40. The molecule has 1 amide bonds. The molecule has 0 radical (unpaired) electrons.